The number of halogens is 1. The van der Waals surface area contributed by atoms with Gasteiger partial charge in [-0.05, 0) is 31.9 Å². The van der Waals surface area contributed by atoms with Crippen molar-refractivity contribution >= 4 is 12.2 Å². The van der Waals surface area contributed by atoms with Crippen LogP contribution in [0, 0.1) is 5.82 Å². The Morgan fingerprint density at radius 3 is 2.68 bits per heavy atom. The summed E-state index contributed by atoms with van der Waals surface area (Å²) >= 11 is 0. The van der Waals surface area contributed by atoms with Crippen molar-refractivity contribution < 1.29 is 18.7 Å². The van der Waals surface area contributed by atoms with Crippen molar-refractivity contribution in [1.29, 1.82) is 0 Å². The van der Waals surface area contributed by atoms with Gasteiger partial charge in [-0.25, -0.2) is 4.39 Å². The third-order valence-corrected chi connectivity index (χ3v) is 3.11. The number of likely N-dealkylation sites (tertiary alicyclic amines) is 1. The van der Waals surface area contributed by atoms with Crippen molar-refractivity contribution in [3.63, 3.8) is 0 Å². The van der Waals surface area contributed by atoms with E-state index in [-0.39, 0.29) is 17.2 Å². The van der Waals surface area contributed by atoms with E-state index in [1.807, 2.05) is 0 Å². The van der Waals surface area contributed by atoms with E-state index < -0.39 is 11.9 Å². The van der Waals surface area contributed by atoms with Crippen LogP contribution in [0.15, 0.2) is 18.2 Å². The number of carbonyl (C=O) groups excluding carboxylic acids is 2. The standard InChI is InChI=1S/C14H16FNO3/c1-10(14(18)16-4-2-3-5-16)19-13-7-11(9-17)6-12(15)8-13/h6-10H,2-5H2,1H3. The molecule has 5 heteroatoms. The molecule has 1 aliphatic rings. The van der Waals surface area contributed by atoms with Crippen molar-refractivity contribution in [2.45, 2.75) is 25.9 Å². The number of amides is 1. The van der Waals surface area contributed by atoms with Crippen LogP contribution in [0.25, 0.3) is 0 Å². The molecule has 1 aromatic rings. The third-order valence-electron chi connectivity index (χ3n) is 3.11. The summed E-state index contributed by atoms with van der Waals surface area (Å²) in [5.74, 6) is -0.461. The van der Waals surface area contributed by atoms with Crippen LogP contribution in [0.1, 0.15) is 30.1 Å². The molecule has 0 saturated carbocycles. The number of aldehydes is 1. The molecule has 0 N–H and O–H groups in total. The first-order valence-corrected chi connectivity index (χ1v) is 6.31. The number of hydrogen-bond acceptors (Lipinski definition) is 3. The molecule has 1 heterocycles. The Morgan fingerprint density at radius 1 is 1.37 bits per heavy atom. The molecule has 0 aromatic heterocycles. The molecule has 0 bridgehead atoms. The lowest BCUT2D eigenvalue weighted by Crippen LogP contribution is -2.38. The topological polar surface area (TPSA) is 46.6 Å². The molecule has 1 fully saturated rings. The minimum absolute atomic E-state index is 0.102. The van der Waals surface area contributed by atoms with Gasteiger partial charge in [-0.3, -0.25) is 9.59 Å². The van der Waals surface area contributed by atoms with Crippen molar-refractivity contribution in [3.8, 4) is 5.75 Å². The summed E-state index contributed by atoms with van der Waals surface area (Å²) in [6.07, 6.45) is 1.88. The highest BCUT2D eigenvalue weighted by molar-refractivity contribution is 5.81. The fourth-order valence-electron chi connectivity index (χ4n) is 2.17. The summed E-state index contributed by atoms with van der Waals surface area (Å²) in [6.45, 7) is 3.12. The second-order valence-corrected chi connectivity index (χ2v) is 4.63. The molecule has 1 atom stereocenters. The Kier molecular flexibility index (Phi) is 4.14. The number of hydrogen-bond donors (Lipinski definition) is 0. The number of carbonyl (C=O) groups is 2. The van der Waals surface area contributed by atoms with E-state index in [9.17, 15) is 14.0 Å². The van der Waals surface area contributed by atoms with Gasteiger partial charge >= 0.3 is 0 Å². The fraction of sp³-hybridized carbons (Fsp3) is 0.429. The highest BCUT2D eigenvalue weighted by atomic mass is 19.1. The zero-order chi connectivity index (χ0) is 13.8. The maximum atomic E-state index is 13.2. The summed E-state index contributed by atoms with van der Waals surface area (Å²) in [5.41, 5.74) is 0.191. The SMILES string of the molecule is CC(Oc1cc(F)cc(C=O)c1)C(=O)N1CCCC1. The van der Waals surface area contributed by atoms with E-state index in [0.29, 0.717) is 6.29 Å². The van der Waals surface area contributed by atoms with E-state index in [2.05, 4.69) is 0 Å². The van der Waals surface area contributed by atoms with Gasteiger partial charge in [0.2, 0.25) is 0 Å². The third kappa shape index (κ3) is 3.30. The van der Waals surface area contributed by atoms with Crippen molar-refractivity contribution in [3.05, 3.63) is 29.6 Å². The van der Waals surface area contributed by atoms with Gasteiger partial charge in [-0.15, -0.1) is 0 Å². The minimum Gasteiger partial charge on any atom is -0.481 e. The molecule has 0 aliphatic carbocycles. The van der Waals surface area contributed by atoms with Crippen molar-refractivity contribution in [1.82, 2.24) is 4.90 Å². The van der Waals surface area contributed by atoms with Gasteiger partial charge in [-0.2, -0.15) is 0 Å². The van der Waals surface area contributed by atoms with Crippen LogP contribution in [-0.2, 0) is 4.79 Å². The normalized spacial score (nSPS) is 16.2. The second-order valence-electron chi connectivity index (χ2n) is 4.63. The highest BCUT2D eigenvalue weighted by Crippen LogP contribution is 2.18. The molecular weight excluding hydrogens is 249 g/mol. The first-order valence-electron chi connectivity index (χ1n) is 6.31. The maximum absolute atomic E-state index is 13.2. The Hall–Kier alpha value is -1.91. The van der Waals surface area contributed by atoms with Crippen LogP contribution in [0.5, 0.6) is 5.75 Å². The molecule has 1 amide bonds. The minimum atomic E-state index is -0.681. The second kappa shape index (κ2) is 5.82. The quantitative estimate of drug-likeness (QED) is 0.782. The summed E-state index contributed by atoms with van der Waals surface area (Å²) in [6, 6.07) is 3.71. The van der Waals surface area contributed by atoms with E-state index in [4.69, 9.17) is 4.74 Å². The van der Waals surface area contributed by atoms with Gasteiger partial charge in [0.15, 0.2) is 6.10 Å². The Morgan fingerprint density at radius 2 is 2.05 bits per heavy atom. The highest BCUT2D eigenvalue weighted by Gasteiger charge is 2.24. The Bertz CT molecular complexity index is 484. The molecule has 2 rings (SSSR count). The first-order chi connectivity index (χ1) is 9.10. The molecule has 1 saturated heterocycles. The van der Waals surface area contributed by atoms with Gasteiger partial charge in [0.05, 0.1) is 0 Å². The molecule has 0 radical (unpaired) electrons. The Labute approximate surface area is 111 Å². The van der Waals surface area contributed by atoms with Crippen LogP contribution in [0.2, 0.25) is 0 Å². The summed E-state index contributed by atoms with van der Waals surface area (Å²) in [7, 11) is 0. The van der Waals surface area contributed by atoms with Crippen LogP contribution in [0.3, 0.4) is 0 Å². The summed E-state index contributed by atoms with van der Waals surface area (Å²) in [5, 5.41) is 0. The molecule has 4 nitrogen and oxygen atoms in total. The average Bonchev–Trinajstić information content (AvgIpc) is 2.90. The zero-order valence-electron chi connectivity index (χ0n) is 10.8. The summed E-state index contributed by atoms with van der Waals surface area (Å²) in [4.78, 5) is 24.4. The van der Waals surface area contributed by atoms with Crippen LogP contribution < -0.4 is 4.74 Å². The lowest BCUT2D eigenvalue weighted by Gasteiger charge is -2.21. The molecule has 102 valence electrons. The molecule has 1 aliphatic heterocycles. The van der Waals surface area contributed by atoms with Gasteiger partial charge in [0.25, 0.3) is 5.91 Å². The van der Waals surface area contributed by atoms with E-state index in [1.165, 1.54) is 12.1 Å². The molecule has 19 heavy (non-hydrogen) atoms. The van der Waals surface area contributed by atoms with Crippen molar-refractivity contribution in [2.75, 3.05) is 13.1 Å². The van der Waals surface area contributed by atoms with E-state index >= 15 is 0 Å². The van der Waals surface area contributed by atoms with Crippen LogP contribution in [-0.4, -0.2) is 36.3 Å². The van der Waals surface area contributed by atoms with Gasteiger partial charge < -0.3 is 9.64 Å². The molecule has 0 spiro atoms. The summed E-state index contributed by atoms with van der Waals surface area (Å²) < 4.78 is 18.7. The molecule has 1 unspecified atom stereocenters. The maximum Gasteiger partial charge on any atom is 0.263 e. The lowest BCUT2D eigenvalue weighted by atomic mass is 10.2. The number of ether oxygens (including phenoxy) is 1. The number of benzene rings is 1. The average molecular weight is 265 g/mol. The zero-order valence-corrected chi connectivity index (χ0v) is 10.8. The first kappa shape index (κ1) is 13.5. The van der Waals surface area contributed by atoms with E-state index in [1.54, 1.807) is 11.8 Å². The fourth-order valence-corrected chi connectivity index (χ4v) is 2.17. The number of nitrogens with zero attached hydrogens (tertiary/aromatic N) is 1. The number of rotatable bonds is 4. The van der Waals surface area contributed by atoms with Gasteiger partial charge in [0, 0.05) is 24.7 Å². The lowest BCUT2D eigenvalue weighted by molar-refractivity contribution is -0.136. The molecular formula is C14H16FNO3. The van der Waals surface area contributed by atoms with Gasteiger partial charge in [0.1, 0.15) is 17.9 Å². The van der Waals surface area contributed by atoms with Crippen molar-refractivity contribution in [2.24, 2.45) is 0 Å². The van der Waals surface area contributed by atoms with E-state index in [0.717, 1.165) is 32.0 Å². The predicted molar refractivity (Wildman–Crippen MR) is 67.7 cm³/mol. The van der Waals surface area contributed by atoms with Crippen LogP contribution in [0.4, 0.5) is 4.39 Å². The largest absolute Gasteiger partial charge is 0.481 e. The van der Waals surface area contributed by atoms with Gasteiger partial charge in [-0.1, -0.05) is 0 Å². The predicted octanol–water partition coefficient (Wildman–Crippen LogP) is 2.03. The molecule has 1 aromatic carbocycles. The smallest absolute Gasteiger partial charge is 0.263 e. The van der Waals surface area contributed by atoms with Crippen LogP contribution >= 0.6 is 0 Å². The monoisotopic (exact) mass is 265 g/mol. The Balaban J connectivity index is 2.05.